The minimum atomic E-state index is -0.0625. The fourth-order valence-electron chi connectivity index (χ4n) is 3.91. The van der Waals surface area contributed by atoms with Crippen molar-refractivity contribution < 1.29 is 19.0 Å². The van der Waals surface area contributed by atoms with Gasteiger partial charge in [-0.2, -0.15) is 0 Å². The van der Waals surface area contributed by atoms with Crippen LogP contribution >= 0.6 is 11.6 Å². The summed E-state index contributed by atoms with van der Waals surface area (Å²) in [5.41, 5.74) is 1.82. The number of ether oxygens (including phenoxy) is 3. The lowest BCUT2D eigenvalue weighted by Crippen LogP contribution is -2.32. The van der Waals surface area contributed by atoms with Crippen molar-refractivity contribution in [3.8, 4) is 17.2 Å². The smallest absolute Gasteiger partial charge is 0.238 e. The molecule has 2 heterocycles. The molecule has 2 aromatic carbocycles. The molecule has 2 aliphatic heterocycles. The number of nitrogens with one attached hydrogen (secondary N) is 1. The maximum Gasteiger partial charge on any atom is 0.238 e. The van der Waals surface area contributed by atoms with E-state index in [2.05, 4.69) is 22.3 Å². The predicted octanol–water partition coefficient (Wildman–Crippen LogP) is 4.29. The molecule has 0 bridgehead atoms. The van der Waals surface area contributed by atoms with Gasteiger partial charge in [-0.05, 0) is 55.3 Å². The largest absolute Gasteiger partial charge is 0.495 e. The Morgan fingerprint density at radius 3 is 2.79 bits per heavy atom. The van der Waals surface area contributed by atoms with E-state index in [1.165, 1.54) is 0 Å². The van der Waals surface area contributed by atoms with Crippen molar-refractivity contribution in [3.05, 3.63) is 47.0 Å². The molecule has 1 unspecified atom stereocenters. The first kappa shape index (κ1) is 19.9. The zero-order valence-electron chi connectivity index (χ0n) is 16.4. The van der Waals surface area contributed by atoms with Crippen LogP contribution in [0.1, 0.15) is 30.9 Å². The van der Waals surface area contributed by atoms with Crippen molar-refractivity contribution in [1.29, 1.82) is 0 Å². The summed E-state index contributed by atoms with van der Waals surface area (Å²) in [6.07, 6.45) is 2.96. The number of anilines is 1. The standard InChI is InChI=1S/C22H25ClN2O4/c1-27-19-8-6-16(13-17(19)23)24-22(26)14-25-9-2-4-18(25)15-5-7-20-21(12-15)29-11-3-10-28-20/h5-8,12-13,18H,2-4,9-11,14H2,1H3,(H,24,26). The van der Waals surface area contributed by atoms with Gasteiger partial charge in [0.1, 0.15) is 5.75 Å². The molecule has 1 fully saturated rings. The lowest BCUT2D eigenvalue weighted by Gasteiger charge is -2.25. The summed E-state index contributed by atoms with van der Waals surface area (Å²) in [6, 6.07) is 11.5. The summed E-state index contributed by atoms with van der Waals surface area (Å²) in [4.78, 5) is 14.8. The summed E-state index contributed by atoms with van der Waals surface area (Å²) < 4.78 is 16.7. The highest BCUT2D eigenvalue weighted by Gasteiger charge is 2.28. The van der Waals surface area contributed by atoms with E-state index in [9.17, 15) is 4.79 Å². The van der Waals surface area contributed by atoms with Gasteiger partial charge in [-0.1, -0.05) is 17.7 Å². The van der Waals surface area contributed by atoms with Crippen LogP contribution in [0.2, 0.25) is 5.02 Å². The highest BCUT2D eigenvalue weighted by atomic mass is 35.5. The molecule has 1 N–H and O–H groups in total. The second kappa shape index (κ2) is 8.93. The van der Waals surface area contributed by atoms with Crippen LogP contribution in [-0.4, -0.2) is 44.2 Å². The number of halogens is 1. The van der Waals surface area contributed by atoms with E-state index in [1.54, 1.807) is 25.3 Å². The molecular weight excluding hydrogens is 392 g/mol. The van der Waals surface area contributed by atoms with Crippen LogP contribution in [0.25, 0.3) is 0 Å². The Labute approximate surface area is 175 Å². The highest BCUT2D eigenvalue weighted by Crippen LogP contribution is 2.37. The van der Waals surface area contributed by atoms with E-state index >= 15 is 0 Å². The Bertz CT molecular complexity index is 889. The molecule has 0 aliphatic carbocycles. The predicted molar refractivity (Wildman–Crippen MR) is 112 cm³/mol. The number of amides is 1. The third kappa shape index (κ3) is 4.60. The van der Waals surface area contributed by atoms with Crippen molar-refractivity contribution in [3.63, 3.8) is 0 Å². The maximum atomic E-state index is 12.6. The summed E-state index contributed by atoms with van der Waals surface area (Å²) in [7, 11) is 1.56. The summed E-state index contributed by atoms with van der Waals surface area (Å²) in [5, 5.41) is 3.39. The van der Waals surface area contributed by atoms with Gasteiger partial charge in [0, 0.05) is 18.2 Å². The molecule has 0 spiro atoms. The van der Waals surface area contributed by atoms with E-state index < -0.39 is 0 Å². The number of hydrogen-bond acceptors (Lipinski definition) is 5. The molecule has 1 saturated heterocycles. The summed E-state index contributed by atoms with van der Waals surface area (Å²) >= 11 is 6.15. The highest BCUT2D eigenvalue weighted by molar-refractivity contribution is 6.32. The zero-order valence-corrected chi connectivity index (χ0v) is 17.2. The second-order valence-electron chi connectivity index (χ2n) is 7.28. The van der Waals surface area contributed by atoms with Crippen LogP contribution in [0.5, 0.6) is 17.2 Å². The van der Waals surface area contributed by atoms with Gasteiger partial charge in [0.15, 0.2) is 11.5 Å². The molecule has 0 saturated carbocycles. The average Bonchev–Trinajstić information content (AvgIpc) is 3.03. The van der Waals surface area contributed by atoms with Crippen LogP contribution in [0.4, 0.5) is 5.69 Å². The molecule has 2 aliphatic rings. The van der Waals surface area contributed by atoms with Crippen LogP contribution in [0.3, 0.4) is 0 Å². The normalized spacial score (nSPS) is 18.9. The number of nitrogens with zero attached hydrogens (tertiary/aromatic N) is 1. The number of likely N-dealkylation sites (tertiary alicyclic amines) is 1. The van der Waals surface area contributed by atoms with Crippen LogP contribution in [0.15, 0.2) is 36.4 Å². The third-order valence-corrected chi connectivity index (χ3v) is 5.60. The molecule has 154 valence electrons. The van der Waals surface area contributed by atoms with Gasteiger partial charge in [-0.25, -0.2) is 0 Å². The van der Waals surface area contributed by atoms with Crippen molar-refractivity contribution in [2.75, 3.05) is 38.7 Å². The van der Waals surface area contributed by atoms with Gasteiger partial charge in [0.25, 0.3) is 0 Å². The van der Waals surface area contributed by atoms with Crippen LogP contribution in [-0.2, 0) is 4.79 Å². The fourth-order valence-corrected chi connectivity index (χ4v) is 4.17. The lowest BCUT2D eigenvalue weighted by molar-refractivity contribution is -0.117. The first-order valence-electron chi connectivity index (χ1n) is 9.91. The topological polar surface area (TPSA) is 60.0 Å². The maximum absolute atomic E-state index is 12.6. The van der Waals surface area contributed by atoms with Gasteiger partial charge < -0.3 is 19.5 Å². The molecule has 1 atom stereocenters. The van der Waals surface area contributed by atoms with E-state index in [0.717, 1.165) is 42.9 Å². The minimum Gasteiger partial charge on any atom is -0.495 e. The summed E-state index contributed by atoms with van der Waals surface area (Å²) in [5.74, 6) is 2.11. The second-order valence-corrected chi connectivity index (χ2v) is 7.69. The minimum absolute atomic E-state index is 0.0625. The molecule has 0 radical (unpaired) electrons. The molecule has 7 heteroatoms. The molecule has 0 aromatic heterocycles. The molecular formula is C22H25ClN2O4. The van der Waals surface area contributed by atoms with E-state index in [1.807, 2.05) is 6.07 Å². The molecule has 4 rings (SSSR count). The Kier molecular flexibility index (Phi) is 6.11. The molecule has 6 nitrogen and oxygen atoms in total. The number of fused-ring (bicyclic) bond motifs is 1. The van der Waals surface area contributed by atoms with Gasteiger partial charge in [0.2, 0.25) is 5.91 Å². The first-order chi connectivity index (χ1) is 14.1. The van der Waals surface area contributed by atoms with Crippen molar-refractivity contribution in [1.82, 2.24) is 4.90 Å². The van der Waals surface area contributed by atoms with Crippen molar-refractivity contribution in [2.45, 2.75) is 25.3 Å². The quantitative estimate of drug-likeness (QED) is 0.788. The Balaban J connectivity index is 1.43. The number of rotatable bonds is 5. The monoisotopic (exact) mass is 416 g/mol. The van der Waals surface area contributed by atoms with Crippen molar-refractivity contribution >= 4 is 23.2 Å². The number of benzene rings is 2. The zero-order chi connectivity index (χ0) is 20.2. The van der Waals surface area contributed by atoms with Gasteiger partial charge in [-0.3, -0.25) is 9.69 Å². The fraction of sp³-hybridized carbons (Fsp3) is 0.409. The van der Waals surface area contributed by atoms with Crippen LogP contribution < -0.4 is 19.5 Å². The van der Waals surface area contributed by atoms with Gasteiger partial charge in [-0.15, -0.1) is 0 Å². The van der Waals surface area contributed by atoms with Gasteiger partial charge >= 0.3 is 0 Å². The summed E-state index contributed by atoms with van der Waals surface area (Å²) in [6.45, 7) is 2.55. The molecule has 29 heavy (non-hydrogen) atoms. The van der Waals surface area contributed by atoms with Gasteiger partial charge in [0.05, 0.1) is 31.9 Å². The lowest BCUT2D eigenvalue weighted by atomic mass is 10.0. The number of carbonyl (C=O) groups is 1. The number of hydrogen-bond donors (Lipinski definition) is 1. The van der Waals surface area contributed by atoms with E-state index in [0.29, 0.717) is 36.2 Å². The number of methoxy groups -OCH3 is 1. The Morgan fingerprint density at radius 2 is 2.00 bits per heavy atom. The number of carbonyl (C=O) groups excluding carboxylic acids is 1. The molecule has 2 aromatic rings. The Morgan fingerprint density at radius 1 is 1.17 bits per heavy atom. The molecule has 1 amide bonds. The van der Waals surface area contributed by atoms with Crippen LogP contribution in [0, 0.1) is 0 Å². The van der Waals surface area contributed by atoms with E-state index in [-0.39, 0.29) is 11.9 Å². The van der Waals surface area contributed by atoms with E-state index in [4.69, 9.17) is 25.8 Å². The van der Waals surface area contributed by atoms with Crippen molar-refractivity contribution in [2.24, 2.45) is 0 Å². The third-order valence-electron chi connectivity index (χ3n) is 5.30. The first-order valence-corrected chi connectivity index (χ1v) is 10.3. The Hall–Kier alpha value is -2.44. The average molecular weight is 417 g/mol. The SMILES string of the molecule is COc1ccc(NC(=O)CN2CCCC2c2ccc3c(c2)OCCCO3)cc1Cl.